The maximum atomic E-state index is 14.5. The summed E-state index contributed by atoms with van der Waals surface area (Å²) >= 11 is 13.2. The third-order valence-corrected chi connectivity index (χ3v) is 19.2. The second-order valence-corrected chi connectivity index (χ2v) is 24.9. The first-order chi connectivity index (χ1) is 29.7. The minimum Gasteiger partial charge on any atom is -0.431 e. The van der Waals surface area contributed by atoms with Gasteiger partial charge in [0.2, 0.25) is 11.8 Å². The molecule has 0 aromatic heterocycles. The molecule has 0 N–H and O–H groups in total. The second-order valence-electron chi connectivity index (χ2n) is 20.9. The quantitative estimate of drug-likeness (QED) is 0.0508. The molecule has 7 nitrogen and oxygen atoms in total. The molecule has 2 saturated carbocycles. The summed E-state index contributed by atoms with van der Waals surface area (Å²) in [5, 5.41) is 0. The summed E-state index contributed by atoms with van der Waals surface area (Å²) in [4.78, 5) is 47.2. The third-order valence-electron chi connectivity index (χ3n) is 15.8. The van der Waals surface area contributed by atoms with Gasteiger partial charge < -0.3 is 19.3 Å². The lowest BCUT2D eigenvalue weighted by Gasteiger charge is -2.41. The summed E-state index contributed by atoms with van der Waals surface area (Å²) in [5.74, 6) is 6.21. The van der Waals surface area contributed by atoms with E-state index in [0.717, 1.165) is 102 Å². The van der Waals surface area contributed by atoms with E-state index < -0.39 is 6.16 Å². The van der Waals surface area contributed by atoms with E-state index in [0.29, 0.717) is 60.2 Å². The first kappa shape index (κ1) is 54.2. The Morgan fingerprint density at radius 2 is 0.952 bits per heavy atom. The fourth-order valence-corrected chi connectivity index (χ4v) is 14.3. The molecule has 4 fully saturated rings. The number of ether oxygens (including phenoxy) is 2. The zero-order valence-electron chi connectivity index (χ0n) is 40.6. The molecular weight excluding hydrogens is 849 g/mol. The molecule has 0 aromatic carbocycles. The topological polar surface area (TPSA) is 76.1 Å². The van der Waals surface area contributed by atoms with Gasteiger partial charge in [0.15, 0.2) is 0 Å². The largest absolute Gasteiger partial charge is 0.508 e. The Kier molecular flexibility index (Phi) is 25.1. The normalized spacial score (nSPS) is 28.9. The summed E-state index contributed by atoms with van der Waals surface area (Å²) in [5.41, 5.74) is 0. The lowest BCUT2D eigenvalue weighted by atomic mass is 9.65. The summed E-state index contributed by atoms with van der Waals surface area (Å²) < 4.78 is 12.6. The average molecular weight is 942 g/mol. The first-order valence-electron chi connectivity index (χ1n) is 25.8. The Labute approximate surface area is 400 Å². The lowest BCUT2D eigenvalue weighted by molar-refractivity contribution is -0.139. The maximum absolute atomic E-state index is 14.5. The molecule has 12 unspecified atom stereocenters. The molecule has 11 heteroatoms. The van der Waals surface area contributed by atoms with Crippen molar-refractivity contribution in [2.45, 2.75) is 218 Å². The van der Waals surface area contributed by atoms with Crippen LogP contribution in [-0.4, -0.2) is 74.0 Å². The molecule has 2 amide bonds. The van der Waals surface area contributed by atoms with Gasteiger partial charge in [0.05, 0.1) is 0 Å². The van der Waals surface area contributed by atoms with Crippen LogP contribution in [0.1, 0.15) is 197 Å². The van der Waals surface area contributed by atoms with Gasteiger partial charge in [-0.2, -0.15) is 0 Å². The molecule has 2 aliphatic carbocycles. The van der Waals surface area contributed by atoms with Crippen LogP contribution < -0.4 is 0 Å². The molecule has 62 heavy (non-hydrogen) atoms. The lowest BCUT2D eigenvalue weighted by Crippen LogP contribution is -2.44. The van der Waals surface area contributed by atoms with Crippen molar-refractivity contribution in [2.75, 3.05) is 24.6 Å². The van der Waals surface area contributed by atoms with Crippen LogP contribution in [0.4, 0.5) is 4.79 Å². The minimum absolute atomic E-state index is 0.0919. The van der Waals surface area contributed by atoms with Crippen molar-refractivity contribution in [1.29, 1.82) is 0 Å². The van der Waals surface area contributed by atoms with Gasteiger partial charge in [-0.3, -0.25) is 9.59 Å². The molecule has 0 spiro atoms. The highest BCUT2D eigenvalue weighted by atomic mass is 32.2. The number of rotatable bonds is 26. The molecule has 2 heterocycles. The van der Waals surface area contributed by atoms with Gasteiger partial charge in [0, 0.05) is 36.4 Å². The highest BCUT2D eigenvalue weighted by Crippen LogP contribution is 2.46. The Morgan fingerprint density at radius 3 is 1.29 bits per heavy atom. The SMILES string of the molecule is CCCCCCCC(CCC(C(=O)N1CCSC1S)C1CC(C(C)C)CCC1C)OC(=O)OC(CCCCCCC)CCC(C(=O)N1CCSC1S)C1CC(C(C)C)CCC1C. The first-order valence-corrected chi connectivity index (χ1v) is 29.0. The van der Waals surface area contributed by atoms with E-state index in [2.05, 4.69) is 55.4 Å². The predicted molar refractivity (Wildman–Crippen MR) is 271 cm³/mol. The molecule has 0 aromatic rings. The Bertz CT molecular complexity index is 1210. The number of nitrogens with zero attached hydrogens (tertiary/aromatic N) is 2. The molecule has 4 aliphatic rings. The molecule has 360 valence electrons. The fourth-order valence-electron chi connectivity index (χ4n) is 11.4. The van der Waals surface area contributed by atoms with Crippen LogP contribution in [-0.2, 0) is 19.1 Å². The van der Waals surface area contributed by atoms with Crippen molar-refractivity contribution in [1.82, 2.24) is 9.80 Å². The summed E-state index contributed by atoms with van der Waals surface area (Å²) in [6.45, 7) is 20.0. The summed E-state index contributed by atoms with van der Waals surface area (Å²) in [6, 6.07) is 0. The molecule has 2 saturated heterocycles. The smallest absolute Gasteiger partial charge is 0.431 e. The number of unbranched alkanes of at least 4 members (excludes halogenated alkanes) is 8. The highest BCUT2D eigenvalue weighted by molar-refractivity contribution is 8.10. The highest BCUT2D eigenvalue weighted by Gasteiger charge is 2.43. The standard InChI is InChI=1S/C51H92N2O5S4/c1-9-11-13-15-17-19-41(25-27-43(47(54)52-29-31-61-49(52)59)45-33-39(35(3)4)23-21-37(45)7)57-51(56)58-42(20-18-16-14-12-10-2)26-28-44(48(55)53-30-32-62-50(53)60)46-34-40(36(5)6)24-22-38(46)8/h35-46,49-50,59-60H,9-34H2,1-8H3. The van der Waals surface area contributed by atoms with Crippen LogP contribution in [0.25, 0.3) is 0 Å². The number of hydrogen-bond acceptors (Lipinski definition) is 9. The Hall–Kier alpha value is -0.390. The van der Waals surface area contributed by atoms with Crippen LogP contribution in [0.15, 0.2) is 0 Å². The van der Waals surface area contributed by atoms with E-state index in [1.54, 1.807) is 23.5 Å². The molecule has 12 atom stereocenters. The molecule has 2 aliphatic heterocycles. The van der Waals surface area contributed by atoms with E-state index in [4.69, 9.17) is 34.7 Å². The van der Waals surface area contributed by atoms with Crippen LogP contribution in [0, 0.1) is 59.2 Å². The molecule has 0 bridgehead atoms. The van der Waals surface area contributed by atoms with Gasteiger partial charge in [0.25, 0.3) is 0 Å². The monoisotopic (exact) mass is 941 g/mol. The van der Waals surface area contributed by atoms with Gasteiger partial charge in [-0.1, -0.05) is 120 Å². The zero-order chi connectivity index (χ0) is 45.2. The van der Waals surface area contributed by atoms with Crippen molar-refractivity contribution >= 4 is 66.8 Å². The van der Waals surface area contributed by atoms with Gasteiger partial charge in [-0.15, -0.1) is 48.8 Å². The second kappa shape index (κ2) is 28.7. The number of carbonyl (C=O) groups is 3. The summed E-state index contributed by atoms with van der Waals surface area (Å²) in [7, 11) is 0. The van der Waals surface area contributed by atoms with Crippen molar-refractivity contribution in [3.63, 3.8) is 0 Å². The van der Waals surface area contributed by atoms with Crippen molar-refractivity contribution in [3.8, 4) is 0 Å². The van der Waals surface area contributed by atoms with Crippen LogP contribution in [0.3, 0.4) is 0 Å². The molecular formula is C51H92N2O5S4. The van der Waals surface area contributed by atoms with Crippen LogP contribution in [0.2, 0.25) is 0 Å². The van der Waals surface area contributed by atoms with E-state index in [9.17, 15) is 14.4 Å². The Morgan fingerprint density at radius 1 is 0.565 bits per heavy atom. The number of amides is 2. The van der Waals surface area contributed by atoms with Gasteiger partial charge in [0.1, 0.15) is 21.6 Å². The van der Waals surface area contributed by atoms with Gasteiger partial charge in [-0.05, 0) is 124 Å². The molecule has 4 rings (SSSR count). The Balaban J connectivity index is 1.52. The number of thioether (sulfide) groups is 2. The van der Waals surface area contributed by atoms with Crippen molar-refractivity contribution in [3.05, 3.63) is 0 Å². The third kappa shape index (κ3) is 17.0. The average Bonchev–Trinajstić information content (AvgIpc) is 3.88. The van der Waals surface area contributed by atoms with E-state index in [1.165, 1.54) is 51.4 Å². The van der Waals surface area contributed by atoms with Crippen molar-refractivity contribution < 1.29 is 23.9 Å². The number of thiol groups is 2. The van der Waals surface area contributed by atoms with Crippen molar-refractivity contribution in [2.24, 2.45) is 59.2 Å². The van der Waals surface area contributed by atoms with E-state index >= 15 is 0 Å². The number of hydrogen-bond donors (Lipinski definition) is 2. The van der Waals surface area contributed by atoms with E-state index in [1.807, 2.05) is 9.80 Å². The molecule has 0 radical (unpaired) electrons. The number of carbonyl (C=O) groups excluding carboxylic acids is 3. The minimum atomic E-state index is -0.567. The zero-order valence-corrected chi connectivity index (χ0v) is 44.0. The fraction of sp³-hybridized carbons (Fsp3) is 0.941. The maximum Gasteiger partial charge on any atom is 0.508 e. The van der Waals surface area contributed by atoms with Crippen LogP contribution in [0.5, 0.6) is 0 Å². The van der Waals surface area contributed by atoms with Gasteiger partial charge in [-0.25, -0.2) is 4.79 Å². The van der Waals surface area contributed by atoms with E-state index in [-0.39, 0.29) is 45.3 Å². The van der Waals surface area contributed by atoms with Crippen LogP contribution >= 0.6 is 48.8 Å². The summed E-state index contributed by atoms with van der Waals surface area (Å²) in [6.07, 6.45) is 21.5. The predicted octanol–water partition coefficient (Wildman–Crippen LogP) is 14.4. The van der Waals surface area contributed by atoms with Gasteiger partial charge >= 0.3 is 6.16 Å².